The molecular formula is C18H34Cl2O2. The number of carbonyl (C=O) groups is 1. The van der Waals surface area contributed by atoms with Crippen LogP contribution in [0.25, 0.3) is 0 Å². The van der Waals surface area contributed by atoms with Gasteiger partial charge >= 0.3 is 5.97 Å². The van der Waals surface area contributed by atoms with Crippen LogP contribution in [0.15, 0.2) is 0 Å². The third-order valence-corrected chi connectivity index (χ3v) is 5.27. The Kier molecular flexibility index (Phi) is 16.0. The number of carboxylic acid groups (broad SMARTS) is 1. The Bertz CT molecular complexity index is 259. The molecule has 0 aromatic heterocycles. The van der Waals surface area contributed by atoms with Crippen LogP contribution in [0.3, 0.4) is 0 Å². The summed E-state index contributed by atoms with van der Waals surface area (Å²) in [5.74, 6) is -0.694. The molecular weight excluding hydrogens is 319 g/mol. The number of hydrogen-bond donors (Lipinski definition) is 1. The predicted molar refractivity (Wildman–Crippen MR) is 97.2 cm³/mol. The molecule has 0 bridgehead atoms. The Hall–Kier alpha value is 0.0500. The highest BCUT2D eigenvalue weighted by molar-refractivity contribution is 6.29. The molecule has 0 unspecified atom stereocenters. The van der Waals surface area contributed by atoms with E-state index < -0.39 is 5.97 Å². The van der Waals surface area contributed by atoms with Crippen molar-refractivity contribution < 1.29 is 9.90 Å². The van der Waals surface area contributed by atoms with Crippen LogP contribution in [0.4, 0.5) is 0 Å². The molecule has 2 atom stereocenters. The molecule has 4 heteroatoms. The Balaban J connectivity index is 3.38. The first kappa shape index (κ1) is 22.1. The smallest absolute Gasteiger partial charge is 0.303 e. The SMILES string of the molecule is CCCCCCCC[C@@H](Cl)[C@@H](Cl)CCCCCCCC(=O)O. The zero-order valence-corrected chi connectivity index (χ0v) is 15.7. The van der Waals surface area contributed by atoms with Gasteiger partial charge in [0, 0.05) is 17.2 Å². The zero-order valence-electron chi connectivity index (χ0n) is 14.2. The van der Waals surface area contributed by atoms with Crippen molar-refractivity contribution in [1.29, 1.82) is 0 Å². The lowest BCUT2D eigenvalue weighted by molar-refractivity contribution is -0.137. The summed E-state index contributed by atoms with van der Waals surface area (Å²) in [6.45, 7) is 2.24. The number of halogens is 2. The van der Waals surface area contributed by atoms with Gasteiger partial charge in [0.05, 0.1) is 0 Å². The van der Waals surface area contributed by atoms with Gasteiger partial charge in [-0.3, -0.25) is 4.79 Å². The van der Waals surface area contributed by atoms with Crippen molar-refractivity contribution in [2.24, 2.45) is 0 Å². The molecule has 0 heterocycles. The van der Waals surface area contributed by atoms with Crippen molar-refractivity contribution in [3.63, 3.8) is 0 Å². The summed E-state index contributed by atoms with van der Waals surface area (Å²) in [7, 11) is 0. The average Bonchev–Trinajstić information content (AvgIpc) is 2.49. The minimum Gasteiger partial charge on any atom is -0.481 e. The lowest BCUT2D eigenvalue weighted by Crippen LogP contribution is -2.14. The Morgan fingerprint density at radius 2 is 1.18 bits per heavy atom. The van der Waals surface area contributed by atoms with Gasteiger partial charge < -0.3 is 5.11 Å². The maximum Gasteiger partial charge on any atom is 0.303 e. The molecule has 22 heavy (non-hydrogen) atoms. The molecule has 132 valence electrons. The quantitative estimate of drug-likeness (QED) is 0.246. The molecule has 0 aromatic carbocycles. The third kappa shape index (κ3) is 15.0. The van der Waals surface area contributed by atoms with Crippen LogP contribution in [-0.4, -0.2) is 21.8 Å². The Morgan fingerprint density at radius 3 is 1.64 bits per heavy atom. The van der Waals surface area contributed by atoms with E-state index in [0.717, 1.165) is 44.9 Å². The number of alkyl halides is 2. The monoisotopic (exact) mass is 352 g/mol. The third-order valence-electron chi connectivity index (χ3n) is 4.10. The van der Waals surface area contributed by atoms with E-state index in [2.05, 4.69) is 6.92 Å². The van der Waals surface area contributed by atoms with E-state index >= 15 is 0 Å². The second kappa shape index (κ2) is 15.9. The molecule has 0 saturated heterocycles. The largest absolute Gasteiger partial charge is 0.481 e. The molecule has 0 aromatic rings. The molecule has 0 aliphatic rings. The van der Waals surface area contributed by atoms with Gasteiger partial charge in [0.2, 0.25) is 0 Å². The van der Waals surface area contributed by atoms with Gasteiger partial charge in [-0.25, -0.2) is 0 Å². The highest BCUT2D eigenvalue weighted by Crippen LogP contribution is 2.23. The summed E-state index contributed by atoms with van der Waals surface area (Å²) >= 11 is 12.7. The standard InChI is InChI=1S/C18H34Cl2O2/c1-2-3-4-5-7-10-13-16(19)17(20)14-11-8-6-9-12-15-18(21)22/h16-17H,2-15H2,1H3,(H,21,22)/t16-,17+/m1/s1. The number of aliphatic carboxylic acids is 1. The van der Waals surface area contributed by atoms with E-state index in [1.807, 2.05) is 0 Å². The van der Waals surface area contributed by atoms with Crippen molar-refractivity contribution in [2.75, 3.05) is 0 Å². The van der Waals surface area contributed by atoms with E-state index in [4.69, 9.17) is 28.3 Å². The summed E-state index contributed by atoms with van der Waals surface area (Å²) in [6, 6.07) is 0. The highest BCUT2D eigenvalue weighted by atomic mass is 35.5. The normalized spacial score (nSPS) is 14.0. The molecule has 0 saturated carbocycles. The molecule has 0 radical (unpaired) electrons. The van der Waals surface area contributed by atoms with Gasteiger partial charge in [0.15, 0.2) is 0 Å². The second-order valence-corrected chi connectivity index (χ2v) is 7.41. The second-order valence-electron chi connectivity index (χ2n) is 6.29. The molecule has 0 rings (SSSR count). The predicted octanol–water partition coefficient (Wildman–Crippen LogP) is 6.77. The van der Waals surface area contributed by atoms with Crippen LogP contribution >= 0.6 is 23.2 Å². The zero-order chi connectivity index (χ0) is 16.6. The van der Waals surface area contributed by atoms with E-state index in [1.165, 1.54) is 38.5 Å². The summed E-state index contributed by atoms with van der Waals surface area (Å²) in [5, 5.41) is 8.73. The van der Waals surface area contributed by atoms with Crippen LogP contribution in [0.1, 0.15) is 96.8 Å². The van der Waals surface area contributed by atoms with Crippen molar-refractivity contribution in [3.05, 3.63) is 0 Å². The molecule has 1 N–H and O–H groups in total. The number of carboxylic acids is 1. The van der Waals surface area contributed by atoms with Crippen LogP contribution in [0, 0.1) is 0 Å². The van der Waals surface area contributed by atoms with Crippen LogP contribution in [-0.2, 0) is 4.79 Å². The van der Waals surface area contributed by atoms with Gasteiger partial charge in [0.25, 0.3) is 0 Å². The lowest BCUT2D eigenvalue weighted by atomic mass is 10.0. The fourth-order valence-corrected chi connectivity index (χ4v) is 3.19. The van der Waals surface area contributed by atoms with E-state index in [-0.39, 0.29) is 10.8 Å². The summed E-state index contributed by atoms with van der Waals surface area (Å²) in [5.41, 5.74) is 0. The highest BCUT2D eigenvalue weighted by Gasteiger charge is 2.15. The maximum absolute atomic E-state index is 10.4. The summed E-state index contributed by atoms with van der Waals surface area (Å²) in [4.78, 5) is 10.4. The fraction of sp³-hybridized carbons (Fsp3) is 0.944. The van der Waals surface area contributed by atoms with Gasteiger partial charge in [-0.05, 0) is 19.3 Å². The van der Waals surface area contributed by atoms with Crippen LogP contribution < -0.4 is 0 Å². The molecule has 0 aliphatic heterocycles. The van der Waals surface area contributed by atoms with Gasteiger partial charge in [-0.1, -0.05) is 71.1 Å². The molecule has 0 amide bonds. The minimum atomic E-state index is -0.694. The van der Waals surface area contributed by atoms with Gasteiger partial charge in [0.1, 0.15) is 0 Å². The van der Waals surface area contributed by atoms with Crippen molar-refractivity contribution in [1.82, 2.24) is 0 Å². The number of hydrogen-bond acceptors (Lipinski definition) is 1. The number of rotatable bonds is 16. The van der Waals surface area contributed by atoms with Crippen LogP contribution in [0.5, 0.6) is 0 Å². The Morgan fingerprint density at radius 1 is 0.773 bits per heavy atom. The van der Waals surface area contributed by atoms with E-state index in [9.17, 15) is 4.79 Å². The van der Waals surface area contributed by atoms with Gasteiger partial charge in [-0.15, -0.1) is 23.2 Å². The first-order chi connectivity index (χ1) is 10.6. The molecule has 2 nitrogen and oxygen atoms in total. The van der Waals surface area contributed by atoms with E-state index in [1.54, 1.807) is 0 Å². The minimum absolute atomic E-state index is 0.0799. The van der Waals surface area contributed by atoms with Crippen molar-refractivity contribution in [3.8, 4) is 0 Å². The summed E-state index contributed by atoms with van der Waals surface area (Å²) < 4.78 is 0. The maximum atomic E-state index is 10.4. The first-order valence-corrected chi connectivity index (χ1v) is 9.95. The first-order valence-electron chi connectivity index (χ1n) is 9.07. The lowest BCUT2D eigenvalue weighted by Gasteiger charge is -2.16. The van der Waals surface area contributed by atoms with Crippen LogP contribution in [0.2, 0.25) is 0 Å². The van der Waals surface area contributed by atoms with Gasteiger partial charge in [-0.2, -0.15) is 0 Å². The molecule has 0 aliphatic carbocycles. The fourth-order valence-electron chi connectivity index (χ4n) is 2.63. The van der Waals surface area contributed by atoms with Crippen molar-refractivity contribution in [2.45, 2.75) is 108 Å². The summed E-state index contributed by atoms with van der Waals surface area (Å²) in [6.07, 6.45) is 15.2. The molecule has 0 spiro atoms. The molecule has 0 fully saturated rings. The van der Waals surface area contributed by atoms with Crippen molar-refractivity contribution >= 4 is 29.2 Å². The van der Waals surface area contributed by atoms with E-state index in [0.29, 0.717) is 6.42 Å². The topological polar surface area (TPSA) is 37.3 Å². The average molecular weight is 353 g/mol. The number of unbranched alkanes of at least 4 members (excludes halogenated alkanes) is 9. The Labute approximate surface area is 147 Å².